The van der Waals surface area contributed by atoms with E-state index in [0.717, 1.165) is 0 Å². The van der Waals surface area contributed by atoms with Gasteiger partial charge in [0.05, 0.1) is 5.25 Å². The lowest BCUT2D eigenvalue weighted by atomic mass is 9.94. The van der Waals surface area contributed by atoms with Crippen LogP contribution in [0.25, 0.3) is 0 Å². The largest absolute Gasteiger partial charge is 0.328 e. The molecule has 0 spiro atoms. The molecule has 0 saturated heterocycles. The molecule has 10 heavy (non-hydrogen) atoms. The van der Waals surface area contributed by atoms with Crippen molar-refractivity contribution >= 4 is 22.4 Å². The molecule has 6 heteroatoms. The Morgan fingerprint density at radius 1 is 1.30 bits per heavy atom. The molecule has 0 aromatic rings. The Balaban J connectivity index is 0.000000810. The fraction of sp³-hybridized carbons (Fsp3) is 1.00. The first-order chi connectivity index (χ1) is 4.00. The van der Waals surface area contributed by atoms with Gasteiger partial charge in [-0.05, 0) is 12.8 Å². The lowest BCUT2D eigenvalue weighted by Crippen LogP contribution is -2.47. The number of primary sulfonamides is 1. The summed E-state index contributed by atoms with van der Waals surface area (Å²) in [5.41, 5.74) is 5.35. The van der Waals surface area contributed by atoms with E-state index in [0.29, 0.717) is 12.8 Å². The fourth-order valence-corrected chi connectivity index (χ4v) is 1.91. The van der Waals surface area contributed by atoms with Gasteiger partial charge in [-0.1, -0.05) is 0 Å². The highest BCUT2D eigenvalue weighted by Crippen LogP contribution is 2.22. The fourth-order valence-electron chi connectivity index (χ4n) is 0.875. The molecule has 1 fully saturated rings. The minimum atomic E-state index is -3.28. The summed E-state index contributed by atoms with van der Waals surface area (Å²) in [4.78, 5) is 0. The second-order valence-electron chi connectivity index (χ2n) is 2.44. The van der Waals surface area contributed by atoms with Crippen LogP contribution < -0.4 is 10.9 Å². The molecule has 0 bridgehead atoms. The van der Waals surface area contributed by atoms with Gasteiger partial charge in [-0.15, -0.1) is 12.4 Å². The summed E-state index contributed by atoms with van der Waals surface area (Å²) in [6, 6.07) is 0.0494. The topological polar surface area (TPSA) is 86.2 Å². The molecule has 1 rings (SSSR count). The Hall–Kier alpha value is 0.160. The van der Waals surface area contributed by atoms with E-state index in [-0.39, 0.29) is 23.7 Å². The standard InChI is InChI=1S/C4H10N2O2S.ClH/c5-3-1-4(2-3)9(6,7)8;/h3-4H,1-2,5H2,(H2,6,7,8);1H. The van der Waals surface area contributed by atoms with Crippen molar-refractivity contribution in [3.8, 4) is 0 Å². The van der Waals surface area contributed by atoms with E-state index in [1.807, 2.05) is 0 Å². The number of hydrogen-bond donors (Lipinski definition) is 2. The van der Waals surface area contributed by atoms with E-state index in [9.17, 15) is 8.42 Å². The second-order valence-corrected chi connectivity index (χ2v) is 4.29. The zero-order valence-corrected chi connectivity index (χ0v) is 6.99. The zero-order chi connectivity index (χ0) is 7.07. The lowest BCUT2D eigenvalue weighted by molar-refractivity contribution is 0.409. The summed E-state index contributed by atoms with van der Waals surface area (Å²) in [5, 5.41) is 4.45. The van der Waals surface area contributed by atoms with Gasteiger partial charge >= 0.3 is 0 Å². The molecule has 1 saturated carbocycles. The summed E-state index contributed by atoms with van der Waals surface area (Å²) in [6.45, 7) is 0. The molecule has 1 aliphatic carbocycles. The van der Waals surface area contributed by atoms with E-state index < -0.39 is 10.0 Å². The van der Waals surface area contributed by atoms with Crippen molar-refractivity contribution in [1.29, 1.82) is 0 Å². The first-order valence-corrected chi connectivity index (χ1v) is 4.38. The summed E-state index contributed by atoms with van der Waals surface area (Å²) >= 11 is 0. The SMILES string of the molecule is Cl.NC1CC(S(N)(=O)=O)C1. The third-order valence-corrected chi connectivity index (χ3v) is 2.91. The van der Waals surface area contributed by atoms with E-state index in [2.05, 4.69) is 0 Å². The smallest absolute Gasteiger partial charge is 0.212 e. The van der Waals surface area contributed by atoms with Gasteiger partial charge in [0.1, 0.15) is 0 Å². The predicted molar refractivity (Wildman–Crippen MR) is 41.4 cm³/mol. The molecule has 0 unspecified atom stereocenters. The Bertz CT molecular complexity index is 197. The van der Waals surface area contributed by atoms with Crippen molar-refractivity contribution in [2.45, 2.75) is 24.1 Å². The summed E-state index contributed by atoms with van der Waals surface area (Å²) in [7, 11) is -3.28. The van der Waals surface area contributed by atoms with Crippen LogP contribution in [0.5, 0.6) is 0 Å². The molecule has 0 atom stereocenters. The summed E-state index contributed by atoms with van der Waals surface area (Å²) in [6.07, 6.45) is 1.05. The van der Waals surface area contributed by atoms with Gasteiger partial charge in [0.25, 0.3) is 0 Å². The van der Waals surface area contributed by atoms with Crippen molar-refractivity contribution in [2.75, 3.05) is 0 Å². The minimum Gasteiger partial charge on any atom is -0.328 e. The first-order valence-electron chi connectivity index (χ1n) is 2.77. The molecule has 0 heterocycles. The first kappa shape index (κ1) is 10.2. The highest BCUT2D eigenvalue weighted by atomic mass is 35.5. The number of sulfonamides is 1. The molecular weight excluding hydrogens is 176 g/mol. The molecule has 1 aliphatic rings. The highest BCUT2D eigenvalue weighted by Gasteiger charge is 2.34. The van der Waals surface area contributed by atoms with Gasteiger partial charge in [0.2, 0.25) is 10.0 Å². The van der Waals surface area contributed by atoms with Crippen molar-refractivity contribution in [2.24, 2.45) is 10.9 Å². The van der Waals surface area contributed by atoms with Gasteiger partial charge in [-0.25, -0.2) is 13.6 Å². The molecule has 4 N–H and O–H groups in total. The molecule has 0 radical (unpaired) electrons. The van der Waals surface area contributed by atoms with Crippen molar-refractivity contribution in [1.82, 2.24) is 0 Å². The third kappa shape index (κ3) is 2.09. The van der Waals surface area contributed by atoms with Crippen molar-refractivity contribution in [3.05, 3.63) is 0 Å². The maximum absolute atomic E-state index is 10.5. The Morgan fingerprint density at radius 2 is 1.70 bits per heavy atom. The molecule has 0 amide bonds. The maximum atomic E-state index is 10.5. The molecular formula is C4H11ClN2O2S. The van der Waals surface area contributed by atoms with Gasteiger partial charge in [0, 0.05) is 6.04 Å². The Morgan fingerprint density at radius 3 is 1.80 bits per heavy atom. The van der Waals surface area contributed by atoms with Crippen LogP contribution in [0.4, 0.5) is 0 Å². The number of rotatable bonds is 1. The van der Waals surface area contributed by atoms with E-state index in [4.69, 9.17) is 10.9 Å². The van der Waals surface area contributed by atoms with Gasteiger partial charge in [-0.3, -0.25) is 0 Å². The lowest BCUT2D eigenvalue weighted by Gasteiger charge is -2.29. The zero-order valence-electron chi connectivity index (χ0n) is 5.36. The van der Waals surface area contributed by atoms with E-state index in [1.165, 1.54) is 0 Å². The van der Waals surface area contributed by atoms with Crippen molar-refractivity contribution in [3.63, 3.8) is 0 Å². The number of halogens is 1. The molecule has 0 aromatic heterocycles. The van der Waals surface area contributed by atoms with Crippen LogP contribution >= 0.6 is 12.4 Å². The molecule has 4 nitrogen and oxygen atoms in total. The number of hydrogen-bond acceptors (Lipinski definition) is 3. The van der Waals surface area contributed by atoms with Crippen LogP contribution in [-0.2, 0) is 10.0 Å². The van der Waals surface area contributed by atoms with E-state index >= 15 is 0 Å². The van der Waals surface area contributed by atoms with Crippen molar-refractivity contribution < 1.29 is 8.42 Å². The van der Waals surface area contributed by atoms with Crippen LogP contribution in [0.2, 0.25) is 0 Å². The van der Waals surface area contributed by atoms with Gasteiger partial charge in [-0.2, -0.15) is 0 Å². The quantitative estimate of drug-likeness (QED) is 0.562. The summed E-state index contributed by atoms with van der Waals surface area (Å²) in [5.74, 6) is 0. The molecule has 62 valence electrons. The molecule has 0 aromatic carbocycles. The van der Waals surface area contributed by atoms with Gasteiger partial charge < -0.3 is 5.73 Å². The second kappa shape index (κ2) is 3.04. The Kier molecular flexibility index (Phi) is 3.09. The van der Waals surface area contributed by atoms with Crippen LogP contribution in [0.1, 0.15) is 12.8 Å². The normalized spacial score (nSPS) is 32.2. The van der Waals surface area contributed by atoms with Crippen LogP contribution in [-0.4, -0.2) is 19.7 Å². The van der Waals surface area contributed by atoms with Gasteiger partial charge in [0.15, 0.2) is 0 Å². The average Bonchev–Trinajstić information content (AvgIpc) is 1.55. The average molecular weight is 187 g/mol. The number of nitrogens with two attached hydrogens (primary N) is 2. The molecule has 0 aliphatic heterocycles. The van der Waals surface area contributed by atoms with Crippen LogP contribution in [0, 0.1) is 0 Å². The highest BCUT2D eigenvalue weighted by molar-refractivity contribution is 7.89. The third-order valence-electron chi connectivity index (χ3n) is 1.60. The predicted octanol–water partition coefficient (Wildman–Crippen LogP) is -0.814. The van der Waals surface area contributed by atoms with Crippen LogP contribution in [0.3, 0.4) is 0 Å². The summed E-state index contributed by atoms with van der Waals surface area (Å²) < 4.78 is 21.0. The van der Waals surface area contributed by atoms with E-state index in [1.54, 1.807) is 0 Å². The monoisotopic (exact) mass is 186 g/mol. The van der Waals surface area contributed by atoms with Crippen LogP contribution in [0.15, 0.2) is 0 Å². The Labute approximate surface area is 66.4 Å². The maximum Gasteiger partial charge on any atom is 0.212 e. The minimum absolute atomic E-state index is 0.